The van der Waals surface area contributed by atoms with E-state index in [1.54, 1.807) is 0 Å². The van der Waals surface area contributed by atoms with Crippen LogP contribution in [0, 0.1) is 0 Å². The number of hydrogen-bond acceptors (Lipinski definition) is 4. The van der Waals surface area contributed by atoms with Gasteiger partial charge >= 0.3 is 0 Å². The van der Waals surface area contributed by atoms with Crippen LogP contribution >= 0.6 is 0 Å². The summed E-state index contributed by atoms with van der Waals surface area (Å²) in [4.78, 5) is 4.39. The quantitative estimate of drug-likeness (QED) is 0.829. The molecule has 0 radical (unpaired) electrons. The van der Waals surface area contributed by atoms with Gasteiger partial charge in [-0.05, 0) is 25.1 Å². The van der Waals surface area contributed by atoms with Crippen LogP contribution in [0.3, 0.4) is 0 Å². The SMILES string of the molecule is CCCNC(Cc1ccccn1)C1COCCO1. The number of nitrogens with one attached hydrogen (secondary N) is 1. The van der Waals surface area contributed by atoms with Crippen molar-refractivity contribution < 1.29 is 9.47 Å². The van der Waals surface area contributed by atoms with Crippen molar-refractivity contribution in [2.75, 3.05) is 26.4 Å². The normalized spacial score (nSPS) is 21.7. The van der Waals surface area contributed by atoms with Gasteiger partial charge in [-0.1, -0.05) is 13.0 Å². The summed E-state index contributed by atoms with van der Waals surface area (Å²) in [5.41, 5.74) is 1.10. The number of pyridine rings is 1. The second-order valence-electron chi connectivity index (χ2n) is 4.57. The van der Waals surface area contributed by atoms with Crippen molar-refractivity contribution in [3.8, 4) is 0 Å². The van der Waals surface area contributed by atoms with Crippen molar-refractivity contribution in [1.82, 2.24) is 10.3 Å². The first-order valence-corrected chi connectivity index (χ1v) is 6.72. The molecule has 0 spiro atoms. The summed E-state index contributed by atoms with van der Waals surface area (Å²) >= 11 is 0. The van der Waals surface area contributed by atoms with E-state index in [9.17, 15) is 0 Å². The Morgan fingerprint density at radius 2 is 2.39 bits per heavy atom. The lowest BCUT2D eigenvalue weighted by Crippen LogP contribution is -2.48. The standard InChI is InChI=1S/C14H22N2O2/c1-2-6-16-13(14-11-17-8-9-18-14)10-12-5-3-4-7-15-12/h3-5,7,13-14,16H,2,6,8-11H2,1H3. The minimum atomic E-state index is 0.132. The van der Waals surface area contributed by atoms with Gasteiger partial charge in [-0.25, -0.2) is 0 Å². The zero-order chi connectivity index (χ0) is 12.6. The van der Waals surface area contributed by atoms with Crippen molar-refractivity contribution >= 4 is 0 Å². The zero-order valence-electron chi connectivity index (χ0n) is 11.0. The van der Waals surface area contributed by atoms with Gasteiger partial charge in [-0.15, -0.1) is 0 Å². The van der Waals surface area contributed by atoms with Gasteiger partial charge in [-0.3, -0.25) is 4.98 Å². The third-order valence-electron chi connectivity index (χ3n) is 3.10. The van der Waals surface area contributed by atoms with Crippen molar-refractivity contribution in [2.24, 2.45) is 0 Å². The summed E-state index contributed by atoms with van der Waals surface area (Å²) in [5.74, 6) is 0. The molecule has 1 aromatic heterocycles. The Kier molecular flexibility index (Phi) is 5.58. The average Bonchev–Trinajstić information content (AvgIpc) is 2.45. The molecule has 1 N–H and O–H groups in total. The number of rotatable bonds is 6. The number of aromatic nitrogens is 1. The summed E-state index contributed by atoms with van der Waals surface area (Å²) in [6.45, 7) is 5.24. The monoisotopic (exact) mass is 250 g/mol. The van der Waals surface area contributed by atoms with E-state index in [1.165, 1.54) is 0 Å². The Hall–Kier alpha value is -0.970. The number of ether oxygens (including phenoxy) is 2. The summed E-state index contributed by atoms with van der Waals surface area (Å²) in [6.07, 6.45) is 3.97. The summed E-state index contributed by atoms with van der Waals surface area (Å²) in [6, 6.07) is 6.31. The molecule has 2 rings (SSSR count). The van der Waals surface area contributed by atoms with Gasteiger partial charge < -0.3 is 14.8 Å². The van der Waals surface area contributed by atoms with Gasteiger partial charge in [0.25, 0.3) is 0 Å². The maximum atomic E-state index is 5.79. The largest absolute Gasteiger partial charge is 0.376 e. The van der Waals surface area contributed by atoms with Crippen LogP contribution < -0.4 is 5.32 Å². The zero-order valence-corrected chi connectivity index (χ0v) is 11.0. The Labute approximate surface area is 109 Å². The predicted octanol–water partition coefficient (Wildman–Crippen LogP) is 1.41. The molecule has 0 aliphatic carbocycles. The maximum Gasteiger partial charge on any atom is 0.0965 e. The maximum absolute atomic E-state index is 5.79. The van der Waals surface area contributed by atoms with Crippen molar-refractivity contribution in [1.29, 1.82) is 0 Å². The lowest BCUT2D eigenvalue weighted by Gasteiger charge is -2.31. The molecule has 0 aromatic carbocycles. The molecule has 4 heteroatoms. The molecule has 18 heavy (non-hydrogen) atoms. The van der Waals surface area contributed by atoms with E-state index in [-0.39, 0.29) is 12.1 Å². The highest BCUT2D eigenvalue weighted by Crippen LogP contribution is 2.10. The minimum absolute atomic E-state index is 0.132. The fourth-order valence-electron chi connectivity index (χ4n) is 2.15. The van der Waals surface area contributed by atoms with Gasteiger partial charge in [0.1, 0.15) is 0 Å². The Balaban J connectivity index is 1.95. The van der Waals surface area contributed by atoms with Gasteiger partial charge in [-0.2, -0.15) is 0 Å². The second-order valence-corrected chi connectivity index (χ2v) is 4.57. The van der Waals surface area contributed by atoms with E-state index < -0.39 is 0 Å². The molecule has 1 fully saturated rings. The molecule has 1 aliphatic rings. The van der Waals surface area contributed by atoms with Crippen molar-refractivity contribution in [2.45, 2.75) is 31.9 Å². The van der Waals surface area contributed by atoms with Crippen LogP contribution in [0.5, 0.6) is 0 Å². The fraction of sp³-hybridized carbons (Fsp3) is 0.643. The van der Waals surface area contributed by atoms with Crippen LogP contribution in [0.25, 0.3) is 0 Å². The van der Waals surface area contributed by atoms with Gasteiger partial charge in [0.15, 0.2) is 0 Å². The lowest BCUT2D eigenvalue weighted by atomic mass is 10.0. The first-order valence-electron chi connectivity index (χ1n) is 6.72. The molecule has 4 nitrogen and oxygen atoms in total. The molecular formula is C14H22N2O2. The molecule has 1 aromatic rings. The summed E-state index contributed by atoms with van der Waals surface area (Å²) < 4.78 is 11.3. The van der Waals surface area contributed by atoms with Crippen molar-refractivity contribution in [3.05, 3.63) is 30.1 Å². The van der Waals surface area contributed by atoms with E-state index in [4.69, 9.17) is 9.47 Å². The lowest BCUT2D eigenvalue weighted by molar-refractivity contribution is -0.101. The second kappa shape index (κ2) is 7.46. The molecule has 2 atom stereocenters. The first kappa shape index (κ1) is 13.5. The molecule has 2 unspecified atom stereocenters. The van der Waals surface area contributed by atoms with Crippen LogP contribution in [0.15, 0.2) is 24.4 Å². The molecule has 1 saturated heterocycles. The highest BCUT2D eigenvalue weighted by Gasteiger charge is 2.25. The third kappa shape index (κ3) is 4.05. The Morgan fingerprint density at radius 3 is 3.06 bits per heavy atom. The van der Waals surface area contributed by atoms with Crippen LogP contribution in [0.1, 0.15) is 19.0 Å². The van der Waals surface area contributed by atoms with Crippen LogP contribution in [-0.2, 0) is 15.9 Å². The predicted molar refractivity (Wildman–Crippen MR) is 70.6 cm³/mol. The van der Waals surface area contributed by atoms with Crippen LogP contribution in [-0.4, -0.2) is 43.5 Å². The average molecular weight is 250 g/mol. The molecule has 100 valence electrons. The molecule has 0 saturated carbocycles. The van der Waals surface area contributed by atoms with E-state index in [1.807, 2.05) is 18.3 Å². The van der Waals surface area contributed by atoms with Crippen LogP contribution in [0.4, 0.5) is 0 Å². The summed E-state index contributed by atoms with van der Waals surface area (Å²) in [5, 5.41) is 3.54. The molecule has 0 amide bonds. The minimum Gasteiger partial charge on any atom is -0.376 e. The molecular weight excluding hydrogens is 228 g/mol. The summed E-state index contributed by atoms with van der Waals surface area (Å²) in [7, 11) is 0. The topological polar surface area (TPSA) is 43.4 Å². The van der Waals surface area contributed by atoms with Gasteiger partial charge in [0.2, 0.25) is 0 Å². The van der Waals surface area contributed by atoms with Gasteiger partial charge in [0.05, 0.1) is 25.9 Å². The molecule has 0 bridgehead atoms. The van der Waals surface area contributed by atoms with Crippen molar-refractivity contribution in [3.63, 3.8) is 0 Å². The first-order chi connectivity index (χ1) is 8.90. The molecule has 1 aliphatic heterocycles. The number of nitrogens with zero attached hydrogens (tertiary/aromatic N) is 1. The third-order valence-corrected chi connectivity index (χ3v) is 3.10. The van der Waals surface area contributed by atoms with Crippen LogP contribution in [0.2, 0.25) is 0 Å². The fourth-order valence-corrected chi connectivity index (χ4v) is 2.15. The Bertz CT molecular complexity index is 326. The van der Waals surface area contributed by atoms with E-state index >= 15 is 0 Å². The van der Waals surface area contributed by atoms with Gasteiger partial charge in [0, 0.05) is 24.4 Å². The molecule has 2 heterocycles. The highest BCUT2D eigenvalue weighted by atomic mass is 16.6. The van der Waals surface area contributed by atoms with E-state index in [2.05, 4.69) is 23.3 Å². The van der Waals surface area contributed by atoms with E-state index in [0.717, 1.165) is 25.1 Å². The van der Waals surface area contributed by atoms with E-state index in [0.29, 0.717) is 19.8 Å². The smallest absolute Gasteiger partial charge is 0.0965 e. The number of hydrogen-bond donors (Lipinski definition) is 1. The highest BCUT2D eigenvalue weighted by molar-refractivity contribution is 5.06. The Morgan fingerprint density at radius 1 is 1.44 bits per heavy atom.